The highest BCUT2D eigenvalue weighted by Crippen LogP contribution is 2.38. The molecular weight excluding hydrogens is 318 g/mol. The van der Waals surface area contributed by atoms with Gasteiger partial charge in [-0.3, -0.25) is 9.69 Å². The third kappa shape index (κ3) is 3.28. The summed E-state index contributed by atoms with van der Waals surface area (Å²) >= 11 is 6.65. The van der Waals surface area contributed by atoms with Crippen LogP contribution in [0, 0.1) is 0 Å². The molecule has 0 N–H and O–H groups in total. The summed E-state index contributed by atoms with van der Waals surface area (Å²) in [6.07, 6.45) is 1.81. The van der Waals surface area contributed by atoms with Crippen LogP contribution in [0.5, 0.6) is 11.5 Å². The fourth-order valence-corrected chi connectivity index (χ4v) is 3.75. The molecule has 1 aliphatic heterocycles. The largest absolute Gasteiger partial charge is 0.497 e. The molecule has 1 heterocycles. The minimum Gasteiger partial charge on any atom is -0.497 e. The van der Waals surface area contributed by atoms with Crippen molar-refractivity contribution in [1.82, 2.24) is 4.90 Å². The lowest BCUT2D eigenvalue weighted by Crippen LogP contribution is -2.44. The van der Waals surface area contributed by atoms with Gasteiger partial charge in [-0.05, 0) is 39.0 Å². The van der Waals surface area contributed by atoms with Crippen molar-refractivity contribution in [3.8, 4) is 11.5 Å². The summed E-state index contributed by atoms with van der Waals surface area (Å²) in [4.78, 5) is 14.8. The number of rotatable bonds is 3. The minimum absolute atomic E-state index is 0.0691. The smallest absolute Gasteiger partial charge is 0.266 e. The summed E-state index contributed by atoms with van der Waals surface area (Å²) in [6, 6.07) is 5.48. The molecule has 1 aromatic carbocycles. The lowest BCUT2D eigenvalue weighted by molar-refractivity contribution is -0.125. The number of carbonyl (C=O) groups excluding carboxylic acids is 1. The van der Waals surface area contributed by atoms with Crippen LogP contribution in [0.25, 0.3) is 6.08 Å². The lowest BCUT2D eigenvalue weighted by atomic mass is 10.1. The van der Waals surface area contributed by atoms with E-state index in [9.17, 15) is 4.79 Å². The second kappa shape index (κ2) is 6.30. The van der Waals surface area contributed by atoms with Crippen molar-refractivity contribution < 1.29 is 14.3 Å². The van der Waals surface area contributed by atoms with Gasteiger partial charge in [0.05, 0.1) is 19.1 Å². The van der Waals surface area contributed by atoms with Crippen molar-refractivity contribution >= 4 is 40.3 Å². The summed E-state index contributed by atoms with van der Waals surface area (Å²) < 4.78 is 11.1. The predicted octanol–water partition coefficient (Wildman–Crippen LogP) is 3.70. The number of nitrogens with zero attached hydrogens (tertiary/aromatic N) is 1. The van der Waals surface area contributed by atoms with Gasteiger partial charge in [0.1, 0.15) is 15.8 Å². The first-order valence-electron chi connectivity index (χ1n) is 6.78. The number of hydrogen-bond acceptors (Lipinski definition) is 5. The minimum atomic E-state index is -0.333. The van der Waals surface area contributed by atoms with E-state index in [0.717, 1.165) is 5.56 Å². The summed E-state index contributed by atoms with van der Waals surface area (Å²) in [5, 5.41) is 0. The van der Waals surface area contributed by atoms with Crippen LogP contribution in [0.15, 0.2) is 23.1 Å². The van der Waals surface area contributed by atoms with E-state index in [2.05, 4.69) is 0 Å². The standard InChI is InChI=1S/C16H19NO3S2/c1-16(2,3)17-14(18)13(22-15(17)21)8-10-6-7-11(19-4)9-12(10)20-5/h6-9H,1-5H3/b13-8+. The van der Waals surface area contributed by atoms with Gasteiger partial charge in [-0.15, -0.1) is 0 Å². The maximum absolute atomic E-state index is 12.6. The number of methoxy groups -OCH3 is 2. The van der Waals surface area contributed by atoms with Crippen LogP contribution in [-0.2, 0) is 4.79 Å². The van der Waals surface area contributed by atoms with Crippen LogP contribution in [0.2, 0.25) is 0 Å². The molecule has 4 nitrogen and oxygen atoms in total. The van der Waals surface area contributed by atoms with E-state index in [-0.39, 0.29) is 11.4 Å². The van der Waals surface area contributed by atoms with Crippen LogP contribution in [0.3, 0.4) is 0 Å². The van der Waals surface area contributed by atoms with E-state index < -0.39 is 0 Å². The van der Waals surface area contributed by atoms with E-state index >= 15 is 0 Å². The van der Waals surface area contributed by atoms with Crippen LogP contribution in [0.1, 0.15) is 26.3 Å². The van der Waals surface area contributed by atoms with Crippen molar-refractivity contribution in [2.24, 2.45) is 0 Å². The van der Waals surface area contributed by atoms with Crippen LogP contribution >= 0.6 is 24.0 Å². The third-order valence-electron chi connectivity index (χ3n) is 3.19. The van der Waals surface area contributed by atoms with E-state index in [1.807, 2.05) is 39.0 Å². The van der Waals surface area contributed by atoms with E-state index in [1.54, 1.807) is 25.2 Å². The van der Waals surface area contributed by atoms with E-state index in [1.165, 1.54) is 11.8 Å². The Bertz CT molecular complexity index is 647. The monoisotopic (exact) mass is 337 g/mol. The molecule has 0 atom stereocenters. The molecule has 0 aromatic heterocycles. The SMILES string of the molecule is COc1ccc(/C=C2/SC(=S)N(C(C)(C)C)C2=O)c(OC)c1. The number of benzene rings is 1. The molecule has 1 aliphatic rings. The van der Waals surface area contributed by atoms with E-state index in [4.69, 9.17) is 21.7 Å². The normalized spacial score (nSPS) is 17.3. The van der Waals surface area contributed by atoms with Crippen molar-refractivity contribution in [2.75, 3.05) is 14.2 Å². The first-order valence-corrected chi connectivity index (χ1v) is 8.00. The van der Waals surface area contributed by atoms with Gasteiger partial charge < -0.3 is 9.47 Å². The Hall–Kier alpha value is -1.53. The fraction of sp³-hybridized carbons (Fsp3) is 0.375. The van der Waals surface area contributed by atoms with Gasteiger partial charge in [0, 0.05) is 17.2 Å². The van der Waals surface area contributed by atoms with Gasteiger partial charge in [0.15, 0.2) is 0 Å². The Balaban J connectivity index is 2.39. The van der Waals surface area contributed by atoms with Crippen LogP contribution in [0.4, 0.5) is 0 Å². The summed E-state index contributed by atoms with van der Waals surface area (Å²) in [7, 11) is 3.19. The average molecular weight is 337 g/mol. The number of ether oxygens (including phenoxy) is 2. The Kier molecular flexibility index (Phi) is 4.82. The van der Waals surface area contributed by atoms with Gasteiger partial charge in [0.2, 0.25) is 0 Å². The number of carbonyl (C=O) groups is 1. The summed E-state index contributed by atoms with van der Waals surface area (Å²) in [6.45, 7) is 5.90. The number of amides is 1. The molecule has 22 heavy (non-hydrogen) atoms. The Labute approximate surface area is 140 Å². The molecule has 0 saturated carbocycles. The van der Waals surface area contributed by atoms with Crippen molar-refractivity contribution in [2.45, 2.75) is 26.3 Å². The summed E-state index contributed by atoms with van der Waals surface area (Å²) in [5.41, 5.74) is 0.485. The number of thioether (sulfide) groups is 1. The van der Waals surface area contributed by atoms with Gasteiger partial charge in [-0.2, -0.15) is 0 Å². The second-order valence-corrected chi connectivity index (χ2v) is 7.47. The average Bonchev–Trinajstić information content (AvgIpc) is 2.73. The van der Waals surface area contributed by atoms with E-state index in [0.29, 0.717) is 20.7 Å². The van der Waals surface area contributed by atoms with Crippen LogP contribution < -0.4 is 9.47 Å². The fourth-order valence-electron chi connectivity index (χ4n) is 2.13. The Morgan fingerprint density at radius 2 is 1.91 bits per heavy atom. The number of hydrogen-bond donors (Lipinski definition) is 0. The Morgan fingerprint density at radius 3 is 2.41 bits per heavy atom. The highest BCUT2D eigenvalue weighted by atomic mass is 32.2. The molecule has 0 unspecified atom stereocenters. The first-order chi connectivity index (χ1) is 10.3. The molecule has 1 aromatic rings. The Morgan fingerprint density at radius 1 is 1.23 bits per heavy atom. The number of thiocarbonyl (C=S) groups is 1. The molecule has 0 bridgehead atoms. The van der Waals surface area contributed by atoms with Crippen molar-refractivity contribution in [3.05, 3.63) is 28.7 Å². The molecule has 1 saturated heterocycles. The van der Waals surface area contributed by atoms with Crippen molar-refractivity contribution in [3.63, 3.8) is 0 Å². The molecular formula is C16H19NO3S2. The van der Waals surface area contributed by atoms with Crippen LogP contribution in [-0.4, -0.2) is 34.9 Å². The molecule has 118 valence electrons. The second-order valence-electron chi connectivity index (χ2n) is 5.80. The summed E-state index contributed by atoms with van der Waals surface area (Å²) in [5.74, 6) is 1.29. The van der Waals surface area contributed by atoms with Crippen molar-refractivity contribution in [1.29, 1.82) is 0 Å². The van der Waals surface area contributed by atoms with Gasteiger partial charge >= 0.3 is 0 Å². The molecule has 1 amide bonds. The quantitative estimate of drug-likeness (QED) is 0.621. The van der Waals surface area contributed by atoms with Gasteiger partial charge in [0.25, 0.3) is 5.91 Å². The lowest BCUT2D eigenvalue weighted by Gasteiger charge is -2.30. The first kappa shape index (κ1) is 16.8. The van der Waals surface area contributed by atoms with Gasteiger partial charge in [-0.25, -0.2) is 0 Å². The molecule has 6 heteroatoms. The zero-order valence-electron chi connectivity index (χ0n) is 13.3. The third-order valence-corrected chi connectivity index (χ3v) is 4.49. The molecule has 2 rings (SSSR count). The molecule has 0 spiro atoms. The highest BCUT2D eigenvalue weighted by molar-refractivity contribution is 8.26. The zero-order valence-corrected chi connectivity index (χ0v) is 14.9. The topological polar surface area (TPSA) is 38.8 Å². The maximum Gasteiger partial charge on any atom is 0.266 e. The maximum atomic E-state index is 12.6. The molecule has 1 fully saturated rings. The predicted molar refractivity (Wildman–Crippen MR) is 94.3 cm³/mol. The van der Waals surface area contributed by atoms with Gasteiger partial charge in [-0.1, -0.05) is 24.0 Å². The highest BCUT2D eigenvalue weighted by Gasteiger charge is 2.39. The molecule has 0 aliphatic carbocycles. The molecule has 0 radical (unpaired) electrons. The zero-order chi connectivity index (χ0) is 16.5.